The Morgan fingerprint density at radius 3 is 2.68 bits per heavy atom. The maximum atomic E-state index is 14.0. The molecule has 0 saturated carbocycles. The number of anilines is 1. The predicted molar refractivity (Wildman–Crippen MR) is 138 cm³/mol. The second-order valence-corrected chi connectivity index (χ2v) is 9.44. The highest BCUT2D eigenvalue weighted by Crippen LogP contribution is 2.25. The summed E-state index contributed by atoms with van der Waals surface area (Å²) in [6.45, 7) is 1.52. The second kappa shape index (κ2) is 9.36. The summed E-state index contributed by atoms with van der Waals surface area (Å²) >= 11 is 0. The van der Waals surface area contributed by atoms with Crippen molar-refractivity contribution < 1.29 is 8.78 Å². The zero-order chi connectivity index (χ0) is 25.5. The van der Waals surface area contributed by atoms with E-state index in [-0.39, 0.29) is 24.7 Å². The lowest BCUT2D eigenvalue weighted by Gasteiger charge is -2.32. The highest BCUT2D eigenvalue weighted by atomic mass is 19.1. The molecule has 188 valence electrons. The summed E-state index contributed by atoms with van der Waals surface area (Å²) in [5.74, 6) is -0.820. The first kappa shape index (κ1) is 23.2. The molecule has 0 bridgehead atoms. The number of rotatable bonds is 5. The Labute approximate surface area is 211 Å². The third-order valence-electron chi connectivity index (χ3n) is 6.79. The summed E-state index contributed by atoms with van der Waals surface area (Å²) in [5.41, 5.74) is 7.70. The zero-order valence-electron chi connectivity index (χ0n) is 20.0. The molecule has 1 fully saturated rings. The number of halogens is 2. The van der Waals surface area contributed by atoms with Crippen molar-refractivity contribution >= 4 is 27.8 Å². The van der Waals surface area contributed by atoms with Crippen molar-refractivity contribution in [2.75, 3.05) is 18.0 Å². The van der Waals surface area contributed by atoms with Gasteiger partial charge >= 0.3 is 0 Å². The molecule has 0 amide bonds. The Kier molecular flexibility index (Phi) is 5.88. The number of piperidine rings is 1. The summed E-state index contributed by atoms with van der Waals surface area (Å²) in [6, 6.07) is 13.1. The van der Waals surface area contributed by atoms with Crippen molar-refractivity contribution in [1.82, 2.24) is 24.3 Å². The number of hydrogen-bond acceptors (Lipinski definition) is 6. The SMILES string of the molecule is NC1CCCN(c2nc3cnn(Cc4nccc5ccccc45)c(=O)c3n2Cc2cc(F)cc(F)c2)C1. The van der Waals surface area contributed by atoms with Crippen LogP contribution in [0, 0.1) is 11.6 Å². The van der Waals surface area contributed by atoms with Gasteiger partial charge < -0.3 is 15.2 Å². The van der Waals surface area contributed by atoms with E-state index < -0.39 is 11.6 Å². The average Bonchev–Trinajstić information content (AvgIpc) is 3.24. The van der Waals surface area contributed by atoms with Gasteiger partial charge in [-0.25, -0.2) is 18.4 Å². The van der Waals surface area contributed by atoms with Gasteiger partial charge in [0.15, 0.2) is 0 Å². The first-order valence-corrected chi connectivity index (χ1v) is 12.2. The fourth-order valence-electron chi connectivity index (χ4n) is 5.10. The summed E-state index contributed by atoms with van der Waals surface area (Å²) in [6.07, 6.45) is 5.05. The Bertz CT molecular complexity index is 1650. The lowest BCUT2D eigenvalue weighted by molar-refractivity contribution is 0.495. The van der Waals surface area contributed by atoms with E-state index in [0.29, 0.717) is 34.8 Å². The molecule has 8 nitrogen and oxygen atoms in total. The van der Waals surface area contributed by atoms with E-state index in [2.05, 4.69) is 10.1 Å². The molecule has 0 radical (unpaired) electrons. The molecule has 0 aliphatic carbocycles. The summed E-state index contributed by atoms with van der Waals surface area (Å²) in [4.78, 5) is 25.0. The molecule has 1 aliphatic rings. The van der Waals surface area contributed by atoms with E-state index in [1.807, 2.05) is 35.2 Å². The minimum atomic E-state index is -0.679. The largest absolute Gasteiger partial charge is 0.341 e. The van der Waals surface area contributed by atoms with E-state index in [9.17, 15) is 13.6 Å². The average molecular weight is 502 g/mol. The van der Waals surface area contributed by atoms with E-state index in [1.54, 1.807) is 17.0 Å². The van der Waals surface area contributed by atoms with E-state index in [4.69, 9.17) is 10.7 Å². The second-order valence-electron chi connectivity index (χ2n) is 9.44. The van der Waals surface area contributed by atoms with Crippen molar-refractivity contribution in [3.05, 3.63) is 94.2 Å². The number of pyridine rings is 1. The molecule has 2 aromatic carbocycles. The van der Waals surface area contributed by atoms with Crippen LogP contribution in [-0.4, -0.2) is 43.4 Å². The van der Waals surface area contributed by atoms with Crippen LogP contribution >= 0.6 is 0 Å². The minimum Gasteiger partial charge on any atom is -0.341 e. The quantitative estimate of drug-likeness (QED) is 0.397. The number of imidazole rings is 1. The Balaban J connectivity index is 1.49. The van der Waals surface area contributed by atoms with Gasteiger partial charge in [-0.3, -0.25) is 9.78 Å². The number of nitrogens with zero attached hydrogens (tertiary/aromatic N) is 6. The van der Waals surface area contributed by atoms with Crippen LogP contribution in [0.3, 0.4) is 0 Å². The molecule has 1 atom stereocenters. The first-order valence-electron chi connectivity index (χ1n) is 12.2. The molecule has 1 aliphatic heterocycles. The topological polar surface area (TPSA) is 94.9 Å². The Hall–Kier alpha value is -4.18. The number of nitrogens with two attached hydrogens (primary N) is 1. The molecule has 0 spiro atoms. The van der Waals surface area contributed by atoms with E-state index in [1.165, 1.54) is 16.8 Å². The van der Waals surface area contributed by atoms with Crippen molar-refractivity contribution in [3.8, 4) is 0 Å². The highest BCUT2D eigenvalue weighted by Gasteiger charge is 2.25. The predicted octanol–water partition coefficient (Wildman–Crippen LogP) is 3.44. The third kappa shape index (κ3) is 4.44. The van der Waals surface area contributed by atoms with Gasteiger partial charge in [0.25, 0.3) is 5.56 Å². The van der Waals surface area contributed by atoms with Gasteiger partial charge in [0.2, 0.25) is 5.95 Å². The normalized spacial score (nSPS) is 16.1. The number of aromatic nitrogens is 5. The zero-order valence-corrected chi connectivity index (χ0v) is 20.0. The summed E-state index contributed by atoms with van der Waals surface area (Å²) in [5, 5.41) is 6.34. The van der Waals surface area contributed by atoms with Crippen LogP contribution in [0.1, 0.15) is 24.1 Å². The monoisotopic (exact) mass is 501 g/mol. The van der Waals surface area contributed by atoms with Crippen LogP contribution < -0.4 is 16.2 Å². The molecular formula is C27H25F2N7O. The number of hydrogen-bond donors (Lipinski definition) is 1. The Morgan fingerprint density at radius 1 is 1.05 bits per heavy atom. The van der Waals surface area contributed by atoms with Gasteiger partial charge in [0, 0.05) is 36.8 Å². The molecule has 5 aromatic rings. The van der Waals surface area contributed by atoms with Crippen LogP contribution in [0.4, 0.5) is 14.7 Å². The van der Waals surface area contributed by atoms with Crippen molar-refractivity contribution in [3.63, 3.8) is 0 Å². The van der Waals surface area contributed by atoms with Crippen LogP contribution in [-0.2, 0) is 13.1 Å². The number of benzene rings is 2. The molecule has 1 saturated heterocycles. The molecule has 6 rings (SSSR count). The summed E-state index contributed by atoms with van der Waals surface area (Å²) < 4.78 is 31.1. The molecule has 2 N–H and O–H groups in total. The van der Waals surface area contributed by atoms with Crippen LogP contribution in [0.25, 0.3) is 21.8 Å². The molecule has 37 heavy (non-hydrogen) atoms. The smallest absolute Gasteiger partial charge is 0.293 e. The molecule has 3 aromatic heterocycles. The van der Waals surface area contributed by atoms with E-state index in [0.717, 1.165) is 36.2 Å². The van der Waals surface area contributed by atoms with Crippen LogP contribution in [0.15, 0.2) is 65.7 Å². The highest BCUT2D eigenvalue weighted by molar-refractivity contribution is 5.84. The molecular weight excluding hydrogens is 476 g/mol. The maximum absolute atomic E-state index is 14.0. The lowest BCUT2D eigenvalue weighted by Crippen LogP contribution is -2.44. The van der Waals surface area contributed by atoms with Crippen LogP contribution in [0.5, 0.6) is 0 Å². The van der Waals surface area contributed by atoms with Crippen molar-refractivity contribution in [1.29, 1.82) is 0 Å². The van der Waals surface area contributed by atoms with Gasteiger partial charge in [-0.05, 0) is 42.0 Å². The molecule has 10 heteroatoms. The van der Waals surface area contributed by atoms with Gasteiger partial charge in [0.05, 0.1) is 25.0 Å². The fraction of sp³-hybridized carbons (Fsp3) is 0.259. The molecule has 1 unspecified atom stereocenters. The van der Waals surface area contributed by atoms with Gasteiger partial charge in [-0.15, -0.1) is 0 Å². The fourth-order valence-corrected chi connectivity index (χ4v) is 5.10. The number of fused-ring (bicyclic) bond motifs is 2. The molecule has 4 heterocycles. The van der Waals surface area contributed by atoms with Gasteiger partial charge in [0.1, 0.15) is 22.7 Å². The van der Waals surface area contributed by atoms with Crippen molar-refractivity contribution in [2.24, 2.45) is 5.73 Å². The van der Waals surface area contributed by atoms with E-state index >= 15 is 0 Å². The lowest BCUT2D eigenvalue weighted by atomic mass is 10.1. The standard InChI is InChI=1S/C27H25F2N7O/c28-19-10-17(11-20(29)12-19)14-35-25-23(33-27(35)34-9-3-5-21(30)15-34)13-32-36(26(25)37)16-24-22-6-2-1-4-18(22)7-8-31-24/h1-2,4,6-8,10-13,21H,3,5,9,14-16,30H2. The van der Waals surface area contributed by atoms with Gasteiger partial charge in [-0.1, -0.05) is 24.3 Å². The summed E-state index contributed by atoms with van der Waals surface area (Å²) in [7, 11) is 0. The Morgan fingerprint density at radius 2 is 1.86 bits per heavy atom. The van der Waals surface area contributed by atoms with Gasteiger partial charge in [-0.2, -0.15) is 5.10 Å². The van der Waals surface area contributed by atoms with Crippen LogP contribution in [0.2, 0.25) is 0 Å². The van der Waals surface area contributed by atoms with Crippen molar-refractivity contribution in [2.45, 2.75) is 32.0 Å². The first-order chi connectivity index (χ1) is 18.0. The third-order valence-corrected chi connectivity index (χ3v) is 6.79. The minimum absolute atomic E-state index is 0.0270. The maximum Gasteiger partial charge on any atom is 0.293 e.